The van der Waals surface area contributed by atoms with E-state index in [9.17, 15) is 4.79 Å². The maximum absolute atomic E-state index is 10.9. The topological polar surface area (TPSA) is 29.1 Å². The zero-order valence-electron chi connectivity index (χ0n) is 6.68. The minimum Gasteiger partial charge on any atom is -0.356 e. The third-order valence-corrected chi connectivity index (χ3v) is 2.13. The SMILES string of the molecule is O=C(CCS)NCCC1CC1. The first-order valence-corrected chi connectivity index (χ1v) is 4.83. The Morgan fingerprint density at radius 2 is 2.27 bits per heavy atom. The van der Waals surface area contributed by atoms with Crippen LogP contribution in [-0.4, -0.2) is 18.2 Å². The standard InChI is InChI=1S/C8H15NOS/c10-8(4-6-11)9-5-3-7-1-2-7/h7,11H,1-6H2,(H,9,10). The van der Waals surface area contributed by atoms with E-state index in [-0.39, 0.29) is 5.91 Å². The van der Waals surface area contributed by atoms with E-state index in [1.54, 1.807) is 0 Å². The van der Waals surface area contributed by atoms with Gasteiger partial charge >= 0.3 is 0 Å². The van der Waals surface area contributed by atoms with Crippen LogP contribution in [0.5, 0.6) is 0 Å². The van der Waals surface area contributed by atoms with E-state index in [2.05, 4.69) is 17.9 Å². The number of rotatable bonds is 5. The molecule has 0 saturated heterocycles. The Morgan fingerprint density at radius 1 is 1.55 bits per heavy atom. The van der Waals surface area contributed by atoms with Gasteiger partial charge in [-0.2, -0.15) is 12.6 Å². The summed E-state index contributed by atoms with van der Waals surface area (Å²) in [5, 5.41) is 2.87. The van der Waals surface area contributed by atoms with E-state index in [0.717, 1.165) is 18.9 Å². The molecule has 0 heterocycles. The molecule has 3 heteroatoms. The number of nitrogens with one attached hydrogen (secondary N) is 1. The van der Waals surface area contributed by atoms with Crippen molar-refractivity contribution in [2.24, 2.45) is 5.92 Å². The summed E-state index contributed by atoms with van der Waals surface area (Å²) in [6.07, 6.45) is 4.44. The molecule has 0 unspecified atom stereocenters. The fourth-order valence-electron chi connectivity index (χ4n) is 1.01. The van der Waals surface area contributed by atoms with Gasteiger partial charge < -0.3 is 5.32 Å². The predicted molar refractivity (Wildman–Crippen MR) is 48.8 cm³/mol. The van der Waals surface area contributed by atoms with Crippen LogP contribution in [0.4, 0.5) is 0 Å². The molecule has 1 aliphatic carbocycles. The fraction of sp³-hybridized carbons (Fsp3) is 0.875. The second-order valence-corrected chi connectivity index (χ2v) is 3.50. The van der Waals surface area contributed by atoms with E-state index in [1.165, 1.54) is 12.8 Å². The summed E-state index contributed by atoms with van der Waals surface area (Å²) in [6.45, 7) is 0.858. The molecule has 0 spiro atoms. The Balaban J connectivity index is 1.88. The molecule has 1 saturated carbocycles. The van der Waals surface area contributed by atoms with Gasteiger partial charge in [-0.1, -0.05) is 12.8 Å². The molecule has 0 aromatic rings. The van der Waals surface area contributed by atoms with Crippen LogP contribution in [0.25, 0.3) is 0 Å². The average molecular weight is 173 g/mol. The Hall–Kier alpha value is -0.180. The Bertz CT molecular complexity index is 134. The van der Waals surface area contributed by atoms with Crippen molar-refractivity contribution in [1.29, 1.82) is 0 Å². The normalized spacial score (nSPS) is 16.5. The van der Waals surface area contributed by atoms with Crippen molar-refractivity contribution in [2.75, 3.05) is 12.3 Å². The maximum atomic E-state index is 10.9. The van der Waals surface area contributed by atoms with Crippen molar-refractivity contribution in [1.82, 2.24) is 5.32 Å². The summed E-state index contributed by atoms with van der Waals surface area (Å²) in [7, 11) is 0. The molecular formula is C8H15NOS. The molecule has 1 aliphatic rings. The first-order valence-electron chi connectivity index (χ1n) is 4.20. The highest BCUT2D eigenvalue weighted by molar-refractivity contribution is 7.80. The largest absolute Gasteiger partial charge is 0.356 e. The van der Waals surface area contributed by atoms with E-state index in [1.807, 2.05) is 0 Å². The van der Waals surface area contributed by atoms with Gasteiger partial charge in [0.15, 0.2) is 0 Å². The van der Waals surface area contributed by atoms with E-state index >= 15 is 0 Å². The lowest BCUT2D eigenvalue weighted by Gasteiger charge is -2.01. The van der Waals surface area contributed by atoms with Gasteiger partial charge in [-0.15, -0.1) is 0 Å². The molecule has 0 aliphatic heterocycles. The summed E-state index contributed by atoms with van der Waals surface area (Å²) < 4.78 is 0. The van der Waals surface area contributed by atoms with Crippen molar-refractivity contribution in [2.45, 2.75) is 25.7 Å². The third kappa shape index (κ3) is 4.30. The van der Waals surface area contributed by atoms with Crippen LogP contribution in [0.1, 0.15) is 25.7 Å². The highest BCUT2D eigenvalue weighted by Crippen LogP contribution is 2.31. The highest BCUT2D eigenvalue weighted by atomic mass is 32.1. The molecule has 0 bridgehead atoms. The molecule has 1 fully saturated rings. The number of hydrogen-bond donors (Lipinski definition) is 2. The van der Waals surface area contributed by atoms with E-state index in [4.69, 9.17) is 0 Å². The molecule has 0 aromatic carbocycles. The summed E-state index contributed by atoms with van der Waals surface area (Å²) in [5.74, 6) is 1.70. The van der Waals surface area contributed by atoms with Gasteiger partial charge in [-0.05, 0) is 18.1 Å². The van der Waals surface area contributed by atoms with Crippen LogP contribution in [0.2, 0.25) is 0 Å². The van der Waals surface area contributed by atoms with Crippen LogP contribution in [0.15, 0.2) is 0 Å². The Kier molecular flexibility index (Phi) is 3.77. The molecule has 11 heavy (non-hydrogen) atoms. The maximum Gasteiger partial charge on any atom is 0.220 e. The van der Waals surface area contributed by atoms with Crippen LogP contribution in [-0.2, 0) is 4.79 Å². The lowest BCUT2D eigenvalue weighted by atomic mass is 10.3. The van der Waals surface area contributed by atoms with Gasteiger partial charge in [0, 0.05) is 13.0 Å². The van der Waals surface area contributed by atoms with Gasteiger partial charge in [0.25, 0.3) is 0 Å². The van der Waals surface area contributed by atoms with Crippen molar-refractivity contribution < 1.29 is 4.79 Å². The quantitative estimate of drug-likeness (QED) is 0.601. The molecule has 0 atom stereocenters. The average Bonchev–Trinajstić information content (AvgIpc) is 2.72. The lowest BCUT2D eigenvalue weighted by molar-refractivity contribution is -0.120. The summed E-state index contributed by atoms with van der Waals surface area (Å²) in [5.41, 5.74) is 0. The molecule has 64 valence electrons. The van der Waals surface area contributed by atoms with Crippen LogP contribution in [0, 0.1) is 5.92 Å². The second-order valence-electron chi connectivity index (χ2n) is 3.06. The summed E-state index contributed by atoms with van der Waals surface area (Å²) in [4.78, 5) is 10.9. The summed E-state index contributed by atoms with van der Waals surface area (Å²) in [6, 6.07) is 0. The van der Waals surface area contributed by atoms with Gasteiger partial charge in [0.1, 0.15) is 0 Å². The molecule has 0 aromatic heterocycles. The first kappa shape index (κ1) is 8.91. The van der Waals surface area contributed by atoms with Crippen molar-refractivity contribution in [3.63, 3.8) is 0 Å². The van der Waals surface area contributed by atoms with Crippen molar-refractivity contribution in [3.8, 4) is 0 Å². The molecule has 1 amide bonds. The third-order valence-electron chi connectivity index (χ3n) is 1.91. The number of carbonyl (C=O) groups excluding carboxylic acids is 1. The summed E-state index contributed by atoms with van der Waals surface area (Å²) >= 11 is 3.97. The molecule has 1 N–H and O–H groups in total. The number of amides is 1. The predicted octanol–water partition coefficient (Wildman–Crippen LogP) is 1.22. The zero-order chi connectivity index (χ0) is 8.10. The first-order chi connectivity index (χ1) is 5.33. The molecule has 1 rings (SSSR count). The number of hydrogen-bond acceptors (Lipinski definition) is 2. The molecular weight excluding hydrogens is 158 g/mol. The number of thiol groups is 1. The van der Waals surface area contributed by atoms with Gasteiger partial charge in [0.05, 0.1) is 0 Å². The van der Waals surface area contributed by atoms with E-state index in [0.29, 0.717) is 12.2 Å². The molecule has 2 nitrogen and oxygen atoms in total. The van der Waals surface area contributed by atoms with Gasteiger partial charge in [-0.3, -0.25) is 4.79 Å². The monoisotopic (exact) mass is 173 g/mol. The van der Waals surface area contributed by atoms with Gasteiger partial charge in [0.2, 0.25) is 5.91 Å². The van der Waals surface area contributed by atoms with Crippen LogP contribution >= 0.6 is 12.6 Å². The minimum absolute atomic E-state index is 0.139. The minimum atomic E-state index is 0.139. The Labute approximate surface area is 73.2 Å². The fourth-order valence-corrected chi connectivity index (χ4v) is 1.22. The van der Waals surface area contributed by atoms with Crippen molar-refractivity contribution in [3.05, 3.63) is 0 Å². The molecule has 0 radical (unpaired) electrons. The smallest absolute Gasteiger partial charge is 0.220 e. The van der Waals surface area contributed by atoms with Crippen LogP contribution in [0.3, 0.4) is 0 Å². The highest BCUT2D eigenvalue weighted by Gasteiger charge is 2.20. The second kappa shape index (κ2) is 4.65. The van der Waals surface area contributed by atoms with Gasteiger partial charge in [-0.25, -0.2) is 0 Å². The number of carbonyl (C=O) groups is 1. The van der Waals surface area contributed by atoms with Crippen LogP contribution < -0.4 is 5.32 Å². The lowest BCUT2D eigenvalue weighted by Crippen LogP contribution is -2.24. The van der Waals surface area contributed by atoms with E-state index < -0.39 is 0 Å². The zero-order valence-corrected chi connectivity index (χ0v) is 7.57. The Morgan fingerprint density at radius 3 is 2.82 bits per heavy atom. The van der Waals surface area contributed by atoms with Crippen molar-refractivity contribution >= 4 is 18.5 Å².